The second-order valence-corrected chi connectivity index (χ2v) is 6.74. The number of nitrogens with zero attached hydrogens (tertiary/aromatic N) is 2. The van der Waals surface area contributed by atoms with Crippen LogP contribution in [0.5, 0.6) is 0 Å². The Kier molecular flexibility index (Phi) is 5.04. The van der Waals surface area contributed by atoms with Gasteiger partial charge in [-0.1, -0.05) is 23.7 Å². The summed E-state index contributed by atoms with van der Waals surface area (Å²) < 4.78 is 0. The predicted octanol–water partition coefficient (Wildman–Crippen LogP) is 3.73. The summed E-state index contributed by atoms with van der Waals surface area (Å²) in [4.78, 5) is 30.2. The monoisotopic (exact) mass is 358 g/mol. The molecule has 1 saturated heterocycles. The van der Waals surface area contributed by atoms with Crippen LogP contribution in [0.2, 0.25) is 5.02 Å². The minimum absolute atomic E-state index is 0.0160. The molecule has 1 aromatic heterocycles. The highest BCUT2D eigenvalue weighted by molar-refractivity contribution is 6.34. The zero-order valence-corrected chi connectivity index (χ0v) is 14.6. The zero-order chi connectivity index (χ0) is 18.0. The van der Waals surface area contributed by atoms with Crippen molar-refractivity contribution in [1.29, 1.82) is 0 Å². The Morgan fingerprint density at radius 1 is 1.24 bits per heavy atom. The van der Waals surface area contributed by atoms with Gasteiger partial charge in [0.15, 0.2) is 0 Å². The lowest BCUT2D eigenvalue weighted by atomic mass is 9.92. The van der Waals surface area contributed by atoms with Gasteiger partial charge in [0.1, 0.15) is 0 Å². The SMILES string of the molecule is CC1CCC(C(=O)O)CN1C(=O)c1cc(-c2ccccn2)ccc1Cl. The molecule has 1 fully saturated rings. The first-order valence-corrected chi connectivity index (χ1v) is 8.60. The summed E-state index contributed by atoms with van der Waals surface area (Å²) >= 11 is 6.26. The van der Waals surface area contributed by atoms with E-state index < -0.39 is 11.9 Å². The highest BCUT2D eigenvalue weighted by Gasteiger charge is 2.33. The highest BCUT2D eigenvalue weighted by Crippen LogP contribution is 2.29. The van der Waals surface area contributed by atoms with E-state index >= 15 is 0 Å². The molecule has 0 aliphatic carbocycles. The Balaban J connectivity index is 1.92. The number of carbonyl (C=O) groups is 2. The van der Waals surface area contributed by atoms with Crippen LogP contribution in [-0.2, 0) is 4.79 Å². The Morgan fingerprint density at radius 3 is 2.72 bits per heavy atom. The van der Waals surface area contributed by atoms with E-state index in [4.69, 9.17) is 11.6 Å². The van der Waals surface area contributed by atoms with Crippen LogP contribution in [-0.4, -0.2) is 39.5 Å². The van der Waals surface area contributed by atoms with Crippen LogP contribution in [0.25, 0.3) is 11.3 Å². The van der Waals surface area contributed by atoms with Crippen molar-refractivity contribution >= 4 is 23.5 Å². The van der Waals surface area contributed by atoms with Crippen molar-refractivity contribution in [2.24, 2.45) is 5.92 Å². The number of aliphatic carboxylic acids is 1. The third-order valence-corrected chi connectivity index (χ3v) is 4.98. The van der Waals surface area contributed by atoms with E-state index in [1.54, 1.807) is 23.2 Å². The number of piperidine rings is 1. The number of pyridine rings is 1. The molecule has 2 heterocycles. The van der Waals surface area contributed by atoms with Crippen molar-refractivity contribution in [3.63, 3.8) is 0 Å². The molecule has 0 radical (unpaired) electrons. The average Bonchev–Trinajstić information content (AvgIpc) is 2.62. The van der Waals surface area contributed by atoms with Gasteiger partial charge in [-0.05, 0) is 44.0 Å². The van der Waals surface area contributed by atoms with Gasteiger partial charge in [-0.2, -0.15) is 0 Å². The van der Waals surface area contributed by atoms with E-state index in [1.165, 1.54) is 0 Å². The van der Waals surface area contributed by atoms with Crippen LogP contribution in [0.3, 0.4) is 0 Å². The summed E-state index contributed by atoms with van der Waals surface area (Å²) in [5.41, 5.74) is 1.93. The molecule has 25 heavy (non-hydrogen) atoms. The fourth-order valence-electron chi connectivity index (χ4n) is 3.13. The lowest BCUT2D eigenvalue weighted by Gasteiger charge is -2.36. The molecular formula is C19H19ClN2O3. The highest BCUT2D eigenvalue weighted by atomic mass is 35.5. The van der Waals surface area contributed by atoms with Crippen molar-refractivity contribution in [3.05, 3.63) is 53.2 Å². The Morgan fingerprint density at radius 2 is 2.04 bits per heavy atom. The van der Waals surface area contributed by atoms with Gasteiger partial charge < -0.3 is 10.0 Å². The molecular weight excluding hydrogens is 340 g/mol. The van der Waals surface area contributed by atoms with E-state index in [1.807, 2.05) is 31.2 Å². The summed E-state index contributed by atoms with van der Waals surface area (Å²) in [6.07, 6.45) is 2.94. The van der Waals surface area contributed by atoms with Crippen LogP contribution in [0, 0.1) is 5.92 Å². The molecule has 2 unspecified atom stereocenters. The minimum Gasteiger partial charge on any atom is -0.481 e. The molecule has 1 aromatic carbocycles. The first-order valence-electron chi connectivity index (χ1n) is 8.22. The molecule has 2 atom stereocenters. The molecule has 5 nitrogen and oxygen atoms in total. The second kappa shape index (κ2) is 7.23. The number of benzene rings is 1. The summed E-state index contributed by atoms with van der Waals surface area (Å²) in [6, 6.07) is 10.8. The van der Waals surface area contributed by atoms with Crippen LogP contribution in [0.1, 0.15) is 30.1 Å². The van der Waals surface area contributed by atoms with Crippen molar-refractivity contribution < 1.29 is 14.7 Å². The van der Waals surface area contributed by atoms with Gasteiger partial charge in [-0.15, -0.1) is 0 Å². The number of carboxylic acids is 1. The molecule has 0 bridgehead atoms. The third-order valence-electron chi connectivity index (χ3n) is 4.65. The van der Waals surface area contributed by atoms with Crippen molar-refractivity contribution in [1.82, 2.24) is 9.88 Å². The normalized spacial score (nSPS) is 20.3. The fourth-order valence-corrected chi connectivity index (χ4v) is 3.33. The van der Waals surface area contributed by atoms with E-state index in [-0.39, 0.29) is 18.5 Å². The van der Waals surface area contributed by atoms with Crippen LogP contribution >= 0.6 is 11.6 Å². The van der Waals surface area contributed by atoms with Gasteiger partial charge in [0, 0.05) is 24.3 Å². The van der Waals surface area contributed by atoms with Gasteiger partial charge in [0.05, 0.1) is 22.2 Å². The summed E-state index contributed by atoms with van der Waals surface area (Å²) in [6.45, 7) is 2.14. The number of rotatable bonds is 3. The van der Waals surface area contributed by atoms with Gasteiger partial charge in [0.25, 0.3) is 5.91 Å². The van der Waals surface area contributed by atoms with Gasteiger partial charge >= 0.3 is 5.97 Å². The second-order valence-electron chi connectivity index (χ2n) is 6.33. The molecule has 1 amide bonds. The van der Waals surface area contributed by atoms with E-state index in [0.29, 0.717) is 23.4 Å². The maximum Gasteiger partial charge on any atom is 0.308 e. The predicted molar refractivity (Wildman–Crippen MR) is 95.5 cm³/mol. The smallest absolute Gasteiger partial charge is 0.308 e. The number of carboxylic acid groups (broad SMARTS) is 1. The standard InChI is InChI=1S/C19H19ClN2O3/c1-12-5-6-14(19(24)25)11-22(12)18(23)15-10-13(7-8-16(15)20)17-4-2-3-9-21-17/h2-4,7-10,12,14H,5-6,11H2,1H3,(H,24,25). The minimum atomic E-state index is -0.863. The third kappa shape index (κ3) is 3.66. The molecule has 1 N–H and O–H groups in total. The number of hydrogen-bond acceptors (Lipinski definition) is 3. The lowest BCUT2D eigenvalue weighted by molar-refractivity contribution is -0.143. The van der Waals surface area contributed by atoms with Crippen LogP contribution < -0.4 is 0 Å². The Labute approximate surface area is 151 Å². The maximum atomic E-state index is 13.0. The maximum absolute atomic E-state index is 13.0. The molecule has 3 rings (SSSR count). The average molecular weight is 359 g/mol. The molecule has 1 aliphatic heterocycles. The quantitative estimate of drug-likeness (QED) is 0.907. The molecule has 6 heteroatoms. The molecule has 1 aliphatic rings. The lowest BCUT2D eigenvalue weighted by Crippen LogP contribution is -2.47. The number of halogens is 1. The number of likely N-dealkylation sites (tertiary alicyclic amines) is 1. The van der Waals surface area contributed by atoms with E-state index in [9.17, 15) is 14.7 Å². The molecule has 0 spiro atoms. The van der Waals surface area contributed by atoms with Crippen LogP contribution in [0.15, 0.2) is 42.6 Å². The number of aromatic nitrogens is 1. The molecule has 0 saturated carbocycles. The number of carbonyl (C=O) groups excluding carboxylic acids is 1. The van der Waals surface area contributed by atoms with Gasteiger partial charge in [-0.3, -0.25) is 14.6 Å². The zero-order valence-electron chi connectivity index (χ0n) is 13.9. The number of amides is 1. The Hall–Kier alpha value is -2.40. The molecule has 2 aromatic rings. The summed E-state index contributed by atoms with van der Waals surface area (Å²) in [5.74, 6) is -1.63. The van der Waals surface area contributed by atoms with Gasteiger partial charge in [0.2, 0.25) is 0 Å². The van der Waals surface area contributed by atoms with Gasteiger partial charge in [-0.25, -0.2) is 0 Å². The fraction of sp³-hybridized carbons (Fsp3) is 0.316. The van der Waals surface area contributed by atoms with Crippen molar-refractivity contribution in [3.8, 4) is 11.3 Å². The summed E-state index contributed by atoms with van der Waals surface area (Å²) in [7, 11) is 0. The largest absolute Gasteiger partial charge is 0.481 e. The first-order chi connectivity index (χ1) is 12.0. The van der Waals surface area contributed by atoms with E-state index in [2.05, 4.69) is 4.98 Å². The topological polar surface area (TPSA) is 70.5 Å². The first kappa shape index (κ1) is 17.4. The van der Waals surface area contributed by atoms with E-state index in [0.717, 1.165) is 11.3 Å². The number of hydrogen-bond donors (Lipinski definition) is 1. The Bertz CT molecular complexity index is 795. The summed E-state index contributed by atoms with van der Waals surface area (Å²) in [5, 5.41) is 9.63. The van der Waals surface area contributed by atoms with Crippen molar-refractivity contribution in [2.75, 3.05) is 6.54 Å². The molecule has 130 valence electrons. The van der Waals surface area contributed by atoms with Crippen molar-refractivity contribution in [2.45, 2.75) is 25.8 Å². The van der Waals surface area contributed by atoms with Crippen LogP contribution in [0.4, 0.5) is 0 Å².